The first-order valence-corrected chi connectivity index (χ1v) is 6.97. The number of carbonyl (C=O) groups excluding carboxylic acids is 2. The highest BCUT2D eigenvalue weighted by molar-refractivity contribution is 5.81. The molecular weight excluding hydrogens is 258 g/mol. The molecule has 0 aromatic carbocycles. The van der Waals surface area contributed by atoms with Crippen LogP contribution in [0.3, 0.4) is 0 Å². The Morgan fingerprint density at radius 3 is 2.80 bits per heavy atom. The molecule has 2 rings (SSSR count). The number of aromatic nitrogens is 2. The quantitative estimate of drug-likeness (QED) is 0.770. The molecule has 0 radical (unpaired) electrons. The molecule has 0 fully saturated rings. The highest BCUT2D eigenvalue weighted by atomic mass is 16.5. The molecule has 0 unspecified atom stereocenters. The van der Waals surface area contributed by atoms with Crippen molar-refractivity contribution >= 4 is 11.9 Å². The molecule has 1 aliphatic heterocycles. The molecule has 0 bridgehead atoms. The van der Waals surface area contributed by atoms with Crippen molar-refractivity contribution in [2.24, 2.45) is 7.05 Å². The summed E-state index contributed by atoms with van der Waals surface area (Å²) in [6.45, 7) is 5.39. The van der Waals surface area contributed by atoms with Crippen molar-refractivity contribution in [3.8, 4) is 0 Å². The maximum atomic E-state index is 12.1. The molecule has 110 valence electrons. The van der Waals surface area contributed by atoms with Gasteiger partial charge in [-0.2, -0.15) is 5.10 Å². The molecular formula is C14H21N3O3. The van der Waals surface area contributed by atoms with Crippen LogP contribution in [-0.4, -0.2) is 39.7 Å². The second-order valence-electron chi connectivity index (χ2n) is 5.00. The average Bonchev–Trinajstić information content (AvgIpc) is 2.71. The van der Waals surface area contributed by atoms with Gasteiger partial charge in [0.1, 0.15) is 0 Å². The second-order valence-corrected chi connectivity index (χ2v) is 5.00. The Bertz CT molecular complexity index is 522. The van der Waals surface area contributed by atoms with Crippen LogP contribution >= 0.6 is 0 Å². The number of esters is 1. The molecule has 0 spiro atoms. The molecule has 6 nitrogen and oxygen atoms in total. The number of aryl methyl sites for hydroxylation is 2. The zero-order valence-corrected chi connectivity index (χ0v) is 12.3. The lowest BCUT2D eigenvalue weighted by atomic mass is 10.0. The number of nitrogens with zero attached hydrogens (tertiary/aromatic N) is 3. The monoisotopic (exact) mass is 279 g/mol. The van der Waals surface area contributed by atoms with Crippen LogP contribution in [0.25, 0.3) is 0 Å². The number of amides is 1. The molecule has 0 atom stereocenters. The van der Waals surface area contributed by atoms with Crippen LogP contribution in [0.5, 0.6) is 0 Å². The Balaban J connectivity index is 1.93. The van der Waals surface area contributed by atoms with E-state index >= 15 is 0 Å². The number of hydrogen-bond acceptors (Lipinski definition) is 4. The molecule has 6 heteroatoms. The van der Waals surface area contributed by atoms with Gasteiger partial charge < -0.3 is 9.64 Å². The van der Waals surface area contributed by atoms with Crippen LogP contribution in [0.1, 0.15) is 36.7 Å². The first-order chi connectivity index (χ1) is 9.52. The van der Waals surface area contributed by atoms with Crippen molar-refractivity contribution in [3.63, 3.8) is 0 Å². The summed E-state index contributed by atoms with van der Waals surface area (Å²) in [5.41, 5.74) is 3.39. The van der Waals surface area contributed by atoms with E-state index in [1.165, 1.54) is 5.56 Å². The molecule has 0 saturated heterocycles. The van der Waals surface area contributed by atoms with Crippen LogP contribution in [0.4, 0.5) is 0 Å². The molecule has 20 heavy (non-hydrogen) atoms. The zero-order valence-electron chi connectivity index (χ0n) is 12.3. The molecule has 0 N–H and O–H groups in total. The maximum absolute atomic E-state index is 12.1. The van der Waals surface area contributed by atoms with E-state index in [9.17, 15) is 9.59 Å². The third-order valence-corrected chi connectivity index (χ3v) is 3.65. The smallest absolute Gasteiger partial charge is 0.306 e. The lowest BCUT2D eigenvalue weighted by molar-refractivity contribution is -0.145. The number of rotatable bonds is 4. The van der Waals surface area contributed by atoms with Crippen molar-refractivity contribution < 1.29 is 14.3 Å². The number of fused-ring (bicyclic) bond motifs is 1. The van der Waals surface area contributed by atoms with Gasteiger partial charge in [-0.3, -0.25) is 14.3 Å². The van der Waals surface area contributed by atoms with Gasteiger partial charge in [0, 0.05) is 20.0 Å². The fourth-order valence-electron chi connectivity index (χ4n) is 2.59. The number of hydrogen-bond donors (Lipinski definition) is 0. The molecule has 1 aromatic heterocycles. The Labute approximate surface area is 118 Å². The van der Waals surface area contributed by atoms with E-state index in [0.717, 1.165) is 17.8 Å². The topological polar surface area (TPSA) is 64.4 Å². The van der Waals surface area contributed by atoms with E-state index in [1.54, 1.807) is 11.8 Å². The lowest BCUT2D eigenvalue weighted by Crippen LogP contribution is -2.36. The lowest BCUT2D eigenvalue weighted by Gasteiger charge is -2.27. The van der Waals surface area contributed by atoms with Crippen LogP contribution in [0.2, 0.25) is 0 Å². The van der Waals surface area contributed by atoms with Gasteiger partial charge in [0.05, 0.1) is 31.0 Å². The van der Waals surface area contributed by atoms with Crippen molar-refractivity contribution in [1.29, 1.82) is 0 Å². The average molecular weight is 279 g/mol. The standard InChI is InChI=1S/C14H21N3O3/c1-4-20-14(19)6-5-13(18)17-8-7-11-10(2)15-16(3)12(11)9-17/h4-9H2,1-3H3. The maximum Gasteiger partial charge on any atom is 0.306 e. The van der Waals surface area contributed by atoms with Gasteiger partial charge in [-0.15, -0.1) is 0 Å². The summed E-state index contributed by atoms with van der Waals surface area (Å²) >= 11 is 0. The minimum atomic E-state index is -0.310. The summed E-state index contributed by atoms with van der Waals surface area (Å²) < 4.78 is 6.68. The summed E-state index contributed by atoms with van der Waals surface area (Å²) in [6.07, 6.45) is 1.20. The third-order valence-electron chi connectivity index (χ3n) is 3.65. The summed E-state index contributed by atoms with van der Waals surface area (Å²) in [5, 5.41) is 4.39. The summed E-state index contributed by atoms with van der Waals surface area (Å²) in [5.74, 6) is -0.308. The Morgan fingerprint density at radius 2 is 2.10 bits per heavy atom. The van der Waals surface area contributed by atoms with E-state index in [1.807, 2.05) is 18.7 Å². The van der Waals surface area contributed by atoms with Gasteiger partial charge in [0.25, 0.3) is 0 Å². The van der Waals surface area contributed by atoms with Gasteiger partial charge in [0.2, 0.25) is 5.91 Å². The highest BCUT2D eigenvalue weighted by Gasteiger charge is 2.25. The van der Waals surface area contributed by atoms with E-state index in [2.05, 4.69) is 5.10 Å². The molecule has 0 aliphatic carbocycles. The van der Waals surface area contributed by atoms with Crippen LogP contribution in [0, 0.1) is 6.92 Å². The third kappa shape index (κ3) is 3.00. The van der Waals surface area contributed by atoms with E-state index < -0.39 is 0 Å². The van der Waals surface area contributed by atoms with Gasteiger partial charge in [0.15, 0.2) is 0 Å². The van der Waals surface area contributed by atoms with Gasteiger partial charge in [-0.05, 0) is 25.8 Å². The van der Waals surface area contributed by atoms with Gasteiger partial charge in [-0.1, -0.05) is 0 Å². The summed E-state index contributed by atoms with van der Waals surface area (Å²) in [6, 6.07) is 0. The molecule has 1 amide bonds. The van der Waals surface area contributed by atoms with E-state index in [0.29, 0.717) is 19.7 Å². The predicted molar refractivity (Wildman–Crippen MR) is 72.9 cm³/mol. The Kier molecular flexibility index (Phi) is 4.42. The van der Waals surface area contributed by atoms with Crippen LogP contribution in [0.15, 0.2) is 0 Å². The fraction of sp³-hybridized carbons (Fsp3) is 0.643. The van der Waals surface area contributed by atoms with Crippen molar-refractivity contribution in [2.75, 3.05) is 13.2 Å². The van der Waals surface area contributed by atoms with Crippen LogP contribution in [-0.2, 0) is 34.3 Å². The minimum absolute atomic E-state index is 0.00237. The van der Waals surface area contributed by atoms with Gasteiger partial charge >= 0.3 is 5.97 Å². The van der Waals surface area contributed by atoms with Crippen molar-refractivity contribution in [1.82, 2.24) is 14.7 Å². The number of carbonyl (C=O) groups is 2. The molecule has 1 aromatic rings. The number of ether oxygens (including phenoxy) is 1. The Morgan fingerprint density at radius 1 is 1.35 bits per heavy atom. The normalized spacial score (nSPS) is 14.1. The van der Waals surface area contributed by atoms with Crippen molar-refractivity contribution in [3.05, 3.63) is 17.0 Å². The molecule has 1 aliphatic rings. The zero-order chi connectivity index (χ0) is 14.7. The van der Waals surface area contributed by atoms with E-state index in [-0.39, 0.29) is 24.7 Å². The summed E-state index contributed by atoms with van der Waals surface area (Å²) in [4.78, 5) is 25.2. The van der Waals surface area contributed by atoms with Crippen molar-refractivity contribution in [2.45, 2.75) is 39.7 Å². The Hall–Kier alpha value is -1.85. The summed E-state index contributed by atoms with van der Waals surface area (Å²) in [7, 11) is 1.90. The van der Waals surface area contributed by atoms with E-state index in [4.69, 9.17) is 4.74 Å². The predicted octanol–water partition coefficient (Wildman–Crippen LogP) is 0.957. The largest absolute Gasteiger partial charge is 0.466 e. The highest BCUT2D eigenvalue weighted by Crippen LogP contribution is 2.21. The molecule has 0 saturated carbocycles. The van der Waals surface area contributed by atoms with Gasteiger partial charge in [-0.25, -0.2) is 0 Å². The first-order valence-electron chi connectivity index (χ1n) is 6.97. The SMILES string of the molecule is CCOC(=O)CCC(=O)N1CCc2c(C)nn(C)c2C1. The first kappa shape index (κ1) is 14.6. The molecule has 2 heterocycles. The fourth-order valence-corrected chi connectivity index (χ4v) is 2.59. The minimum Gasteiger partial charge on any atom is -0.466 e. The second kappa shape index (κ2) is 6.07. The van der Waals surface area contributed by atoms with Crippen LogP contribution < -0.4 is 0 Å².